The lowest BCUT2D eigenvalue weighted by Gasteiger charge is -2.32. The summed E-state index contributed by atoms with van der Waals surface area (Å²) in [4.78, 5) is 13.8. The molecule has 0 unspecified atom stereocenters. The van der Waals surface area contributed by atoms with Crippen LogP contribution in [0.3, 0.4) is 0 Å². The standard InChI is InChI=1S/C14H20FN3O2/c1-3-18-8-10-6-17(13(19)14(15)4-5-14)7-11(9-20-2)12(10)16-18/h8,11H,3-7,9H2,1-2H3/t11-/m0/s1. The number of carbonyl (C=O) groups is 1. The van der Waals surface area contributed by atoms with E-state index in [1.54, 1.807) is 12.0 Å². The van der Waals surface area contributed by atoms with E-state index in [-0.39, 0.29) is 11.8 Å². The molecule has 2 heterocycles. The molecule has 6 heteroatoms. The third-order valence-corrected chi connectivity index (χ3v) is 4.11. The van der Waals surface area contributed by atoms with Crippen molar-refractivity contribution in [1.82, 2.24) is 14.7 Å². The molecule has 3 rings (SSSR count). The summed E-state index contributed by atoms with van der Waals surface area (Å²) in [6.45, 7) is 4.25. The highest BCUT2D eigenvalue weighted by Gasteiger charge is 2.53. The van der Waals surface area contributed by atoms with Gasteiger partial charge in [-0.3, -0.25) is 9.48 Å². The van der Waals surface area contributed by atoms with Crippen LogP contribution in [0, 0.1) is 0 Å². The van der Waals surface area contributed by atoms with Crippen LogP contribution in [0.1, 0.15) is 36.9 Å². The Hall–Kier alpha value is -1.43. The van der Waals surface area contributed by atoms with Gasteiger partial charge in [0.15, 0.2) is 5.67 Å². The zero-order chi connectivity index (χ0) is 14.3. The van der Waals surface area contributed by atoms with Gasteiger partial charge in [-0.25, -0.2) is 4.39 Å². The molecule has 1 aliphatic heterocycles. The van der Waals surface area contributed by atoms with Gasteiger partial charge in [0.25, 0.3) is 5.91 Å². The van der Waals surface area contributed by atoms with E-state index in [1.165, 1.54) is 0 Å². The van der Waals surface area contributed by atoms with Crippen molar-refractivity contribution >= 4 is 5.91 Å². The highest BCUT2D eigenvalue weighted by atomic mass is 19.1. The summed E-state index contributed by atoms with van der Waals surface area (Å²) >= 11 is 0. The molecule has 0 spiro atoms. The lowest BCUT2D eigenvalue weighted by Crippen LogP contribution is -2.43. The molecular formula is C14H20FN3O2. The fourth-order valence-corrected chi connectivity index (χ4v) is 2.82. The average molecular weight is 281 g/mol. The van der Waals surface area contributed by atoms with E-state index in [1.807, 2.05) is 17.8 Å². The number of hydrogen-bond donors (Lipinski definition) is 0. The average Bonchev–Trinajstić information content (AvgIpc) is 3.04. The van der Waals surface area contributed by atoms with E-state index < -0.39 is 5.67 Å². The normalized spacial score (nSPS) is 23.6. The van der Waals surface area contributed by atoms with Crippen LogP contribution in [0.4, 0.5) is 4.39 Å². The van der Waals surface area contributed by atoms with Gasteiger partial charge in [-0.05, 0) is 19.8 Å². The van der Waals surface area contributed by atoms with Crippen molar-refractivity contribution in [3.05, 3.63) is 17.5 Å². The summed E-state index contributed by atoms with van der Waals surface area (Å²) in [5, 5.41) is 4.55. The topological polar surface area (TPSA) is 47.4 Å². The fraction of sp³-hybridized carbons (Fsp3) is 0.714. The molecule has 1 aromatic rings. The number of methoxy groups -OCH3 is 1. The third kappa shape index (κ3) is 2.22. The largest absolute Gasteiger partial charge is 0.384 e. The number of carbonyl (C=O) groups excluding carboxylic acids is 1. The Morgan fingerprint density at radius 3 is 2.95 bits per heavy atom. The van der Waals surface area contributed by atoms with Crippen LogP contribution in [0.5, 0.6) is 0 Å². The molecule has 20 heavy (non-hydrogen) atoms. The Labute approximate surface area is 117 Å². The molecule has 5 nitrogen and oxygen atoms in total. The van der Waals surface area contributed by atoms with Crippen molar-refractivity contribution in [2.24, 2.45) is 0 Å². The number of rotatable bonds is 4. The number of aryl methyl sites for hydroxylation is 1. The molecule has 1 aliphatic carbocycles. The Bertz CT molecular complexity index is 524. The lowest BCUT2D eigenvalue weighted by atomic mass is 9.97. The van der Waals surface area contributed by atoms with Crippen LogP contribution >= 0.6 is 0 Å². The number of halogens is 1. The number of hydrogen-bond acceptors (Lipinski definition) is 3. The molecule has 2 aliphatic rings. The molecule has 0 saturated heterocycles. The molecule has 0 bridgehead atoms. The molecule has 0 aromatic carbocycles. The number of alkyl halides is 1. The summed E-state index contributed by atoms with van der Waals surface area (Å²) in [7, 11) is 1.63. The first-order chi connectivity index (χ1) is 9.57. The van der Waals surface area contributed by atoms with Crippen LogP contribution in [-0.4, -0.2) is 46.5 Å². The van der Waals surface area contributed by atoms with Gasteiger partial charge in [-0.15, -0.1) is 0 Å². The number of aromatic nitrogens is 2. The van der Waals surface area contributed by atoms with Crippen LogP contribution < -0.4 is 0 Å². The molecule has 1 aromatic heterocycles. The van der Waals surface area contributed by atoms with E-state index in [9.17, 15) is 9.18 Å². The monoisotopic (exact) mass is 281 g/mol. The van der Waals surface area contributed by atoms with Gasteiger partial charge in [-0.2, -0.15) is 5.10 Å². The Balaban J connectivity index is 1.85. The molecule has 1 atom stereocenters. The molecule has 0 radical (unpaired) electrons. The number of nitrogens with zero attached hydrogens (tertiary/aromatic N) is 3. The van der Waals surface area contributed by atoms with Crippen molar-refractivity contribution in [1.29, 1.82) is 0 Å². The zero-order valence-electron chi connectivity index (χ0n) is 11.9. The SMILES string of the molecule is CCn1cc2c(n1)[C@H](COC)CN(C(=O)C1(F)CC1)C2. The summed E-state index contributed by atoms with van der Waals surface area (Å²) < 4.78 is 21.1. The van der Waals surface area contributed by atoms with Gasteiger partial charge < -0.3 is 9.64 Å². The van der Waals surface area contributed by atoms with Crippen molar-refractivity contribution in [3.8, 4) is 0 Å². The van der Waals surface area contributed by atoms with Crippen LogP contribution in [0.2, 0.25) is 0 Å². The number of fused-ring (bicyclic) bond motifs is 1. The molecule has 1 saturated carbocycles. The Morgan fingerprint density at radius 1 is 1.60 bits per heavy atom. The van der Waals surface area contributed by atoms with Gasteiger partial charge in [0.05, 0.1) is 12.3 Å². The first kappa shape index (κ1) is 13.5. The molecule has 1 fully saturated rings. The maximum absolute atomic E-state index is 14.0. The van der Waals surface area contributed by atoms with Gasteiger partial charge in [0.2, 0.25) is 0 Å². The van der Waals surface area contributed by atoms with E-state index in [4.69, 9.17) is 4.74 Å². The molecule has 1 amide bonds. The second-order valence-electron chi connectivity index (χ2n) is 5.70. The van der Waals surface area contributed by atoms with Gasteiger partial charge in [0.1, 0.15) is 0 Å². The van der Waals surface area contributed by atoms with Gasteiger partial charge >= 0.3 is 0 Å². The first-order valence-corrected chi connectivity index (χ1v) is 7.11. The van der Waals surface area contributed by atoms with Crippen LogP contribution in [0.25, 0.3) is 0 Å². The summed E-state index contributed by atoms with van der Waals surface area (Å²) in [5.41, 5.74) is 0.398. The minimum atomic E-state index is -1.60. The molecular weight excluding hydrogens is 261 g/mol. The fourth-order valence-electron chi connectivity index (χ4n) is 2.82. The zero-order valence-corrected chi connectivity index (χ0v) is 11.9. The summed E-state index contributed by atoms with van der Waals surface area (Å²) in [5.74, 6) is -0.337. The van der Waals surface area contributed by atoms with E-state index in [0.717, 1.165) is 17.8 Å². The number of ether oxygens (including phenoxy) is 1. The number of amides is 1. The Kier molecular flexibility index (Phi) is 3.28. The van der Waals surface area contributed by atoms with E-state index >= 15 is 0 Å². The molecule has 0 N–H and O–H groups in total. The predicted molar refractivity (Wildman–Crippen MR) is 71.0 cm³/mol. The van der Waals surface area contributed by atoms with Crippen LogP contribution in [-0.2, 0) is 22.6 Å². The smallest absolute Gasteiger partial charge is 0.260 e. The van der Waals surface area contributed by atoms with Gasteiger partial charge in [0, 0.05) is 44.4 Å². The van der Waals surface area contributed by atoms with Gasteiger partial charge in [-0.1, -0.05) is 0 Å². The Morgan fingerprint density at radius 2 is 2.35 bits per heavy atom. The lowest BCUT2D eigenvalue weighted by molar-refractivity contribution is -0.139. The third-order valence-electron chi connectivity index (χ3n) is 4.11. The highest BCUT2D eigenvalue weighted by Crippen LogP contribution is 2.42. The minimum absolute atomic E-state index is 0.0304. The second-order valence-corrected chi connectivity index (χ2v) is 5.70. The quantitative estimate of drug-likeness (QED) is 0.840. The van der Waals surface area contributed by atoms with Crippen molar-refractivity contribution < 1.29 is 13.9 Å². The van der Waals surface area contributed by atoms with Crippen molar-refractivity contribution in [2.75, 3.05) is 20.3 Å². The van der Waals surface area contributed by atoms with E-state index in [2.05, 4.69) is 5.10 Å². The molecule has 110 valence electrons. The van der Waals surface area contributed by atoms with E-state index in [0.29, 0.717) is 32.5 Å². The predicted octanol–water partition coefficient (Wildman–Crippen LogP) is 1.48. The summed E-state index contributed by atoms with van der Waals surface area (Å²) in [6, 6.07) is 0. The summed E-state index contributed by atoms with van der Waals surface area (Å²) in [6.07, 6.45) is 2.67. The van der Waals surface area contributed by atoms with Crippen molar-refractivity contribution in [3.63, 3.8) is 0 Å². The maximum atomic E-state index is 14.0. The first-order valence-electron chi connectivity index (χ1n) is 7.11. The maximum Gasteiger partial charge on any atom is 0.260 e. The van der Waals surface area contributed by atoms with Crippen LogP contribution in [0.15, 0.2) is 6.20 Å². The second kappa shape index (κ2) is 4.84. The highest BCUT2D eigenvalue weighted by molar-refractivity contribution is 5.88. The van der Waals surface area contributed by atoms with Crippen molar-refractivity contribution in [2.45, 2.75) is 44.4 Å². The minimum Gasteiger partial charge on any atom is -0.384 e.